The molecule has 2 aromatic carbocycles. The molecular formula is C15H15ClN2O. The van der Waals surface area contributed by atoms with Crippen LogP contribution in [0.3, 0.4) is 0 Å². The largest absolute Gasteiger partial charge is 0.398 e. The minimum atomic E-state index is -0.177. The normalized spacial score (nSPS) is 10.3. The summed E-state index contributed by atoms with van der Waals surface area (Å²) in [4.78, 5) is 13.9. The Bertz CT molecular complexity index is 608. The summed E-state index contributed by atoms with van der Waals surface area (Å²) in [6.07, 6.45) is 0. The number of hydrogen-bond donors (Lipinski definition) is 1. The lowest BCUT2D eigenvalue weighted by molar-refractivity contribution is 0.0994. The average molecular weight is 275 g/mol. The van der Waals surface area contributed by atoms with Crippen molar-refractivity contribution in [1.29, 1.82) is 0 Å². The summed E-state index contributed by atoms with van der Waals surface area (Å²) in [6, 6.07) is 12.6. The highest BCUT2D eigenvalue weighted by Crippen LogP contribution is 2.22. The van der Waals surface area contributed by atoms with Crippen LogP contribution in [0.25, 0.3) is 0 Å². The summed E-state index contributed by atoms with van der Waals surface area (Å²) >= 11 is 5.91. The molecule has 0 fully saturated rings. The maximum Gasteiger partial charge on any atom is 0.260 e. The van der Waals surface area contributed by atoms with Crippen molar-refractivity contribution in [3.63, 3.8) is 0 Å². The second-order valence-corrected chi connectivity index (χ2v) is 4.87. The van der Waals surface area contributed by atoms with Crippen LogP contribution >= 0.6 is 11.6 Å². The number of anilines is 2. The predicted molar refractivity (Wildman–Crippen MR) is 79.8 cm³/mol. The molecule has 0 aliphatic rings. The summed E-state index contributed by atoms with van der Waals surface area (Å²) in [5.74, 6) is -0.177. The minimum absolute atomic E-state index is 0.177. The number of halogens is 1. The quantitative estimate of drug-likeness (QED) is 0.852. The Morgan fingerprint density at radius 1 is 1.16 bits per heavy atom. The van der Waals surface area contributed by atoms with Gasteiger partial charge >= 0.3 is 0 Å². The molecule has 19 heavy (non-hydrogen) atoms. The van der Waals surface area contributed by atoms with Crippen LogP contribution in [0.15, 0.2) is 42.5 Å². The van der Waals surface area contributed by atoms with Gasteiger partial charge in [0.05, 0.1) is 5.56 Å². The fourth-order valence-corrected chi connectivity index (χ4v) is 1.95. The van der Waals surface area contributed by atoms with E-state index in [-0.39, 0.29) is 5.91 Å². The van der Waals surface area contributed by atoms with Crippen molar-refractivity contribution >= 4 is 28.9 Å². The van der Waals surface area contributed by atoms with Crippen LogP contribution in [0, 0.1) is 6.92 Å². The molecule has 0 aromatic heterocycles. The third-order valence-electron chi connectivity index (χ3n) is 2.97. The summed E-state index contributed by atoms with van der Waals surface area (Å²) in [5, 5.41) is 0.495. The van der Waals surface area contributed by atoms with Gasteiger partial charge in [0, 0.05) is 23.4 Å². The standard InChI is InChI=1S/C15H15ClN2O/c1-10-3-6-12(7-4-10)18(2)15(19)13-9-11(16)5-8-14(13)17/h3-9H,17H2,1-2H3. The number of hydrogen-bond acceptors (Lipinski definition) is 2. The van der Waals surface area contributed by atoms with E-state index >= 15 is 0 Å². The maximum absolute atomic E-state index is 12.4. The molecule has 0 bridgehead atoms. The van der Waals surface area contributed by atoms with E-state index in [2.05, 4.69) is 0 Å². The van der Waals surface area contributed by atoms with Crippen molar-refractivity contribution in [2.45, 2.75) is 6.92 Å². The van der Waals surface area contributed by atoms with Crippen LogP contribution in [0.4, 0.5) is 11.4 Å². The second kappa shape index (κ2) is 5.33. The summed E-state index contributed by atoms with van der Waals surface area (Å²) < 4.78 is 0. The molecule has 98 valence electrons. The fraction of sp³-hybridized carbons (Fsp3) is 0.133. The van der Waals surface area contributed by atoms with Gasteiger partial charge in [0.25, 0.3) is 5.91 Å². The van der Waals surface area contributed by atoms with Crippen LogP contribution in [-0.2, 0) is 0 Å². The summed E-state index contributed by atoms with van der Waals surface area (Å²) in [7, 11) is 1.72. The number of rotatable bonds is 2. The first-order chi connectivity index (χ1) is 8.99. The highest BCUT2D eigenvalue weighted by molar-refractivity contribution is 6.31. The third kappa shape index (κ3) is 2.88. The first-order valence-electron chi connectivity index (χ1n) is 5.89. The summed E-state index contributed by atoms with van der Waals surface area (Å²) in [5.41, 5.74) is 8.62. The number of carbonyl (C=O) groups excluding carboxylic acids is 1. The third-order valence-corrected chi connectivity index (χ3v) is 3.21. The lowest BCUT2D eigenvalue weighted by Crippen LogP contribution is -2.27. The van der Waals surface area contributed by atoms with E-state index in [1.807, 2.05) is 31.2 Å². The van der Waals surface area contributed by atoms with Gasteiger partial charge in [-0.25, -0.2) is 0 Å². The molecule has 0 saturated heterocycles. The molecule has 0 atom stereocenters. The van der Waals surface area contributed by atoms with Crippen LogP contribution in [-0.4, -0.2) is 13.0 Å². The highest BCUT2D eigenvalue weighted by atomic mass is 35.5. The number of nitrogen functional groups attached to an aromatic ring is 1. The molecule has 1 amide bonds. The van der Waals surface area contributed by atoms with E-state index < -0.39 is 0 Å². The Morgan fingerprint density at radius 2 is 1.79 bits per heavy atom. The Hall–Kier alpha value is -2.00. The number of nitrogens with zero attached hydrogens (tertiary/aromatic N) is 1. The van der Waals surface area contributed by atoms with Gasteiger partial charge in [0.2, 0.25) is 0 Å². The minimum Gasteiger partial charge on any atom is -0.398 e. The van der Waals surface area contributed by atoms with Crippen molar-refractivity contribution in [3.8, 4) is 0 Å². The zero-order valence-electron chi connectivity index (χ0n) is 10.9. The maximum atomic E-state index is 12.4. The van der Waals surface area contributed by atoms with Gasteiger partial charge in [-0.15, -0.1) is 0 Å². The highest BCUT2D eigenvalue weighted by Gasteiger charge is 2.16. The van der Waals surface area contributed by atoms with E-state index in [1.54, 1.807) is 30.1 Å². The number of benzene rings is 2. The van der Waals surface area contributed by atoms with Crippen LogP contribution in [0.5, 0.6) is 0 Å². The van der Waals surface area contributed by atoms with Gasteiger partial charge in [-0.3, -0.25) is 4.79 Å². The molecule has 0 heterocycles. The Morgan fingerprint density at radius 3 is 2.42 bits per heavy atom. The number of carbonyl (C=O) groups is 1. The molecule has 2 rings (SSSR count). The van der Waals surface area contributed by atoms with Gasteiger partial charge in [-0.05, 0) is 37.3 Å². The Balaban J connectivity index is 2.33. The lowest BCUT2D eigenvalue weighted by Gasteiger charge is -2.18. The molecule has 0 radical (unpaired) electrons. The number of aryl methyl sites for hydroxylation is 1. The molecule has 0 unspecified atom stereocenters. The summed E-state index contributed by atoms with van der Waals surface area (Å²) in [6.45, 7) is 2.00. The van der Waals surface area contributed by atoms with Crippen molar-refractivity contribution < 1.29 is 4.79 Å². The number of nitrogens with two attached hydrogens (primary N) is 1. The van der Waals surface area contributed by atoms with E-state index in [0.29, 0.717) is 16.3 Å². The zero-order chi connectivity index (χ0) is 14.0. The van der Waals surface area contributed by atoms with Gasteiger partial charge in [-0.2, -0.15) is 0 Å². The molecule has 2 N–H and O–H groups in total. The van der Waals surface area contributed by atoms with E-state index in [1.165, 1.54) is 0 Å². The zero-order valence-corrected chi connectivity index (χ0v) is 11.6. The van der Waals surface area contributed by atoms with Crippen LogP contribution in [0.1, 0.15) is 15.9 Å². The average Bonchev–Trinajstić information content (AvgIpc) is 2.41. The molecule has 0 aliphatic heterocycles. The topological polar surface area (TPSA) is 46.3 Å². The van der Waals surface area contributed by atoms with Crippen molar-refractivity contribution in [1.82, 2.24) is 0 Å². The van der Waals surface area contributed by atoms with Gasteiger partial charge in [-0.1, -0.05) is 29.3 Å². The van der Waals surface area contributed by atoms with Gasteiger partial charge < -0.3 is 10.6 Å². The fourth-order valence-electron chi connectivity index (χ4n) is 1.78. The van der Waals surface area contributed by atoms with E-state index in [9.17, 15) is 4.79 Å². The first-order valence-corrected chi connectivity index (χ1v) is 6.26. The lowest BCUT2D eigenvalue weighted by atomic mass is 10.1. The molecule has 0 spiro atoms. The van der Waals surface area contributed by atoms with Crippen molar-refractivity contribution in [2.24, 2.45) is 0 Å². The molecule has 0 aliphatic carbocycles. The van der Waals surface area contributed by atoms with Crippen molar-refractivity contribution in [3.05, 3.63) is 58.6 Å². The molecule has 4 heteroatoms. The second-order valence-electron chi connectivity index (χ2n) is 4.43. The smallest absolute Gasteiger partial charge is 0.260 e. The predicted octanol–water partition coefficient (Wildman–Crippen LogP) is 3.51. The van der Waals surface area contributed by atoms with Crippen molar-refractivity contribution in [2.75, 3.05) is 17.7 Å². The molecule has 0 saturated carbocycles. The van der Waals surface area contributed by atoms with Crippen LogP contribution in [0.2, 0.25) is 5.02 Å². The van der Waals surface area contributed by atoms with Gasteiger partial charge in [0.1, 0.15) is 0 Å². The van der Waals surface area contributed by atoms with E-state index in [4.69, 9.17) is 17.3 Å². The first kappa shape index (κ1) is 13.4. The van der Waals surface area contributed by atoms with Gasteiger partial charge in [0.15, 0.2) is 0 Å². The molecule has 3 nitrogen and oxygen atoms in total. The monoisotopic (exact) mass is 274 g/mol. The SMILES string of the molecule is Cc1ccc(N(C)C(=O)c2cc(Cl)ccc2N)cc1. The van der Waals surface area contributed by atoms with E-state index in [0.717, 1.165) is 11.3 Å². The molecule has 2 aromatic rings. The number of amides is 1. The molecular weight excluding hydrogens is 260 g/mol. The van der Waals surface area contributed by atoms with Crippen LogP contribution < -0.4 is 10.6 Å². The Kier molecular flexibility index (Phi) is 3.76. The Labute approximate surface area is 117 Å².